The van der Waals surface area contributed by atoms with Crippen LogP contribution < -0.4 is 0 Å². The van der Waals surface area contributed by atoms with E-state index in [0.29, 0.717) is 23.2 Å². The molecular formula is C13H30O2Si. The Kier molecular flexibility index (Phi) is 6.83. The molecule has 0 saturated heterocycles. The monoisotopic (exact) mass is 246 g/mol. The average molecular weight is 246 g/mol. The van der Waals surface area contributed by atoms with Crippen molar-refractivity contribution in [3.05, 3.63) is 0 Å². The van der Waals surface area contributed by atoms with Gasteiger partial charge in [0.15, 0.2) is 8.32 Å². The normalized spacial score (nSPS) is 15.2. The van der Waals surface area contributed by atoms with E-state index in [1.807, 2.05) is 6.92 Å². The second-order valence-corrected chi connectivity index (χ2v) is 11.4. The standard InChI is InChI=1S/C13H30O2Si/c1-10(2)16(11(3)4,12(5)6)15-9-13(7)8-14/h10-14H,8-9H2,1-7H3. The van der Waals surface area contributed by atoms with E-state index in [-0.39, 0.29) is 12.5 Å². The predicted molar refractivity (Wildman–Crippen MR) is 73.2 cm³/mol. The zero-order valence-corrected chi connectivity index (χ0v) is 13.1. The molecule has 0 saturated carbocycles. The molecule has 0 rings (SSSR count). The lowest BCUT2D eigenvalue weighted by Crippen LogP contribution is -2.48. The number of rotatable bonds is 7. The first-order valence-corrected chi connectivity index (χ1v) is 8.67. The second-order valence-electron chi connectivity index (χ2n) is 5.92. The SMILES string of the molecule is CC(CO)CO[Si](C(C)C)(C(C)C)C(C)C. The Hall–Kier alpha value is 0.137. The molecule has 0 aromatic heterocycles. The summed E-state index contributed by atoms with van der Waals surface area (Å²) in [5.41, 5.74) is 1.87. The van der Waals surface area contributed by atoms with E-state index in [9.17, 15) is 0 Å². The highest BCUT2D eigenvalue weighted by atomic mass is 28.4. The average Bonchev–Trinajstić information content (AvgIpc) is 2.16. The van der Waals surface area contributed by atoms with Gasteiger partial charge < -0.3 is 9.53 Å². The van der Waals surface area contributed by atoms with Gasteiger partial charge >= 0.3 is 0 Å². The molecule has 2 nitrogen and oxygen atoms in total. The summed E-state index contributed by atoms with van der Waals surface area (Å²) in [6, 6.07) is 0. The van der Waals surface area contributed by atoms with E-state index in [0.717, 1.165) is 0 Å². The summed E-state index contributed by atoms with van der Waals surface area (Å²) < 4.78 is 6.35. The van der Waals surface area contributed by atoms with Crippen molar-refractivity contribution in [1.29, 1.82) is 0 Å². The maximum atomic E-state index is 9.08. The van der Waals surface area contributed by atoms with Crippen molar-refractivity contribution in [2.45, 2.75) is 65.1 Å². The molecule has 1 atom stereocenters. The maximum absolute atomic E-state index is 9.08. The van der Waals surface area contributed by atoms with E-state index in [1.54, 1.807) is 0 Å². The van der Waals surface area contributed by atoms with Crippen molar-refractivity contribution in [2.24, 2.45) is 5.92 Å². The Labute approximate surface area is 103 Å². The third-order valence-corrected chi connectivity index (χ3v) is 9.72. The molecular weight excluding hydrogens is 216 g/mol. The van der Waals surface area contributed by atoms with E-state index >= 15 is 0 Å². The largest absolute Gasteiger partial charge is 0.416 e. The van der Waals surface area contributed by atoms with Gasteiger partial charge in [0, 0.05) is 19.1 Å². The molecule has 0 radical (unpaired) electrons. The van der Waals surface area contributed by atoms with Crippen LogP contribution in [-0.2, 0) is 4.43 Å². The molecule has 0 amide bonds. The van der Waals surface area contributed by atoms with Crippen molar-refractivity contribution in [2.75, 3.05) is 13.2 Å². The Morgan fingerprint density at radius 2 is 1.25 bits per heavy atom. The van der Waals surface area contributed by atoms with Crippen molar-refractivity contribution < 1.29 is 9.53 Å². The van der Waals surface area contributed by atoms with Gasteiger partial charge in [-0.1, -0.05) is 48.5 Å². The molecule has 0 aromatic carbocycles. The first-order valence-electron chi connectivity index (χ1n) is 6.53. The molecule has 1 unspecified atom stereocenters. The lowest BCUT2D eigenvalue weighted by molar-refractivity contribution is 0.161. The van der Waals surface area contributed by atoms with Gasteiger partial charge in [0.2, 0.25) is 0 Å². The van der Waals surface area contributed by atoms with Crippen LogP contribution in [0.3, 0.4) is 0 Å². The summed E-state index contributed by atoms with van der Waals surface area (Å²) in [5.74, 6) is 0.253. The molecule has 0 aliphatic heterocycles. The summed E-state index contributed by atoms with van der Waals surface area (Å²) in [4.78, 5) is 0. The second kappa shape index (κ2) is 6.77. The topological polar surface area (TPSA) is 29.5 Å². The van der Waals surface area contributed by atoms with Gasteiger partial charge in [0.25, 0.3) is 0 Å². The van der Waals surface area contributed by atoms with Crippen molar-refractivity contribution in [3.8, 4) is 0 Å². The summed E-state index contributed by atoms with van der Waals surface area (Å²) in [7, 11) is -1.72. The van der Waals surface area contributed by atoms with Crippen LogP contribution in [0.5, 0.6) is 0 Å². The first-order chi connectivity index (χ1) is 7.28. The van der Waals surface area contributed by atoms with Gasteiger partial charge in [-0.2, -0.15) is 0 Å². The maximum Gasteiger partial charge on any atom is 0.200 e. The minimum absolute atomic E-state index is 0.221. The van der Waals surface area contributed by atoms with Crippen LogP contribution in [0.15, 0.2) is 0 Å². The van der Waals surface area contributed by atoms with Crippen LogP contribution >= 0.6 is 0 Å². The van der Waals surface area contributed by atoms with Crippen LogP contribution in [0, 0.1) is 5.92 Å². The Morgan fingerprint density at radius 1 is 0.875 bits per heavy atom. The number of hydrogen-bond acceptors (Lipinski definition) is 2. The third kappa shape index (κ3) is 3.57. The highest BCUT2D eigenvalue weighted by Gasteiger charge is 2.45. The van der Waals surface area contributed by atoms with Crippen LogP contribution in [0.4, 0.5) is 0 Å². The number of hydrogen-bond donors (Lipinski definition) is 1. The molecule has 0 heterocycles. The summed E-state index contributed by atoms with van der Waals surface area (Å²) >= 11 is 0. The van der Waals surface area contributed by atoms with Gasteiger partial charge in [-0.25, -0.2) is 0 Å². The van der Waals surface area contributed by atoms with Crippen LogP contribution in [0.25, 0.3) is 0 Å². The predicted octanol–water partition coefficient (Wildman–Crippen LogP) is 3.81. The first kappa shape index (κ1) is 16.1. The van der Waals surface area contributed by atoms with Crippen molar-refractivity contribution in [1.82, 2.24) is 0 Å². The molecule has 0 aromatic rings. The molecule has 0 aliphatic rings. The molecule has 3 heteroatoms. The minimum Gasteiger partial charge on any atom is -0.416 e. The van der Waals surface area contributed by atoms with Crippen LogP contribution in [0.1, 0.15) is 48.5 Å². The van der Waals surface area contributed by atoms with Gasteiger partial charge in [0.05, 0.1) is 0 Å². The van der Waals surface area contributed by atoms with E-state index < -0.39 is 8.32 Å². The zero-order chi connectivity index (χ0) is 12.9. The quantitative estimate of drug-likeness (QED) is 0.692. The fourth-order valence-electron chi connectivity index (χ4n) is 2.84. The fraction of sp³-hybridized carbons (Fsp3) is 1.00. The lowest BCUT2D eigenvalue weighted by atomic mass is 10.2. The molecule has 0 bridgehead atoms. The van der Waals surface area contributed by atoms with Crippen LogP contribution in [0.2, 0.25) is 16.6 Å². The number of aliphatic hydroxyl groups is 1. The van der Waals surface area contributed by atoms with Crippen LogP contribution in [-0.4, -0.2) is 26.6 Å². The summed E-state index contributed by atoms with van der Waals surface area (Å²) in [6.07, 6.45) is 0. The molecule has 0 aliphatic carbocycles. The molecule has 0 fully saturated rings. The van der Waals surface area contributed by atoms with Crippen molar-refractivity contribution >= 4 is 8.32 Å². The third-order valence-electron chi connectivity index (χ3n) is 3.64. The minimum atomic E-state index is -1.72. The van der Waals surface area contributed by atoms with Gasteiger partial charge in [0.1, 0.15) is 0 Å². The summed E-state index contributed by atoms with van der Waals surface area (Å²) in [5, 5.41) is 9.08. The lowest BCUT2D eigenvalue weighted by Gasteiger charge is -2.42. The fourth-order valence-corrected chi connectivity index (χ4v) is 8.41. The molecule has 98 valence electrons. The molecule has 16 heavy (non-hydrogen) atoms. The Bertz CT molecular complexity index is 169. The number of aliphatic hydroxyl groups excluding tert-OH is 1. The van der Waals surface area contributed by atoms with E-state index in [2.05, 4.69) is 41.5 Å². The van der Waals surface area contributed by atoms with E-state index in [4.69, 9.17) is 9.53 Å². The summed E-state index contributed by atoms with van der Waals surface area (Å²) in [6.45, 7) is 16.7. The zero-order valence-electron chi connectivity index (χ0n) is 12.1. The highest BCUT2D eigenvalue weighted by Crippen LogP contribution is 2.42. The van der Waals surface area contributed by atoms with Gasteiger partial charge in [-0.05, 0) is 16.6 Å². The van der Waals surface area contributed by atoms with Crippen molar-refractivity contribution in [3.63, 3.8) is 0 Å². The van der Waals surface area contributed by atoms with E-state index in [1.165, 1.54) is 0 Å². The Morgan fingerprint density at radius 3 is 1.50 bits per heavy atom. The highest BCUT2D eigenvalue weighted by molar-refractivity contribution is 6.77. The van der Waals surface area contributed by atoms with Gasteiger partial charge in [-0.3, -0.25) is 0 Å². The molecule has 0 spiro atoms. The smallest absolute Gasteiger partial charge is 0.200 e. The Balaban J connectivity index is 4.77. The molecule has 1 N–H and O–H groups in total. The van der Waals surface area contributed by atoms with Gasteiger partial charge in [-0.15, -0.1) is 0 Å².